The molecule has 0 spiro atoms. The number of carbonyl (C=O) groups is 4. The summed E-state index contributed by atoms with van der Waals surface area (Å²) in [6.07, 6.45) is -2.04. The number of likely N-dealkylation sites (N-methyl/N-ethyl adjacent to an activating group) is 1. The monoisotopic (exact) mass is 673 g/mol. The molecule has 11 heteroatoms. The Labute approximate surface area is 285 Å². The number of cyclic esters (lactones) is 1. The van der Waals surface area contributed by atoms with Crippen LogP contribution in [0.2, 0.25) is 0 Å². The van der Waals surface area contributed by atoms with Crippen LogP contribution in [0.1, 0.15) is 85.0 Å². The standard InChI is InChI=1S/C37H55NO10/c1-12-28-36(7,43)19-21(2)29(39)22(3)20-37(8,44-11)32(24(5)30(40)25(6)33(41)46-28)48-35-31(27(38(9)10)18-23(4)45-35)47-34(42)26-16-14-13-15-17-26/h13-17,19,22-25,27-28,31-32,35,43H,12,18,20H2,1-11H3/b21-19+/t22-,23-,24+,25-,27+,28-,31-,32-,35+,36+,37-/m1/s1. The van der Waals surface area contributed by atoms with Crippen LogP contribution >= 0.6 is 0 Å². The number of esters is 2. The van der Waals surface area contributed by atoms with Gasteiger partial charge in [-0.3, -0.25) is 14.4 Å². The molecule has 11 atom stereocenters. The zero-order chi connectivity index (χ0) is 36.1. The third-order valence-electron chi connectivity index (χ3n) is 9.87. The average Bonchev–Trinajstić information content (AvgIpc) is 3.04. The minimum atomic E-state index is -1.65. The highest BCUT2D eigenvalue weighted by molar-refractivity contribution is 6.00. The van der Waals surface area contributed by atoms with E-state index in [1.54, 1.807) is 65.0 Å². The van der Waals surface area contributed by atoms with Crippen molar-refractivity contribution >= 4 is 23.5 Å². The van der Waals surface area contributed by atoms with E-state index < -0.39 is 71.3 Å². The Kier molecular flexibility index (Phi) is 13.3. The summed E-state index contributed by atoms with van der Waals surface area (Å²) < 4.78 is 31.0. The smallest absolute Gasteiger partial charge is 0.338 e. The molecule has 1 aromatic rings. The third-order valence-corrected chi connectivity index (χ3v) is 9.87. The molecule has 0 aromatic heterocycles. The second-order valence-electron chi connectivity index (χ2n) is 14.2. The van der Waals surface area contributed by atoms with Crippen LogP contribution < -0.4 is 0 Å². The molecule has 0 radical (unpaired) electrons. The topological polar surface area (TPSA) is 138 Å². The van der Waals surface area contributed by atoms with Crippen LogP contribution in [-0.4, -0.2) is 103 Å². The van der Waals surface area contributed by atoms with E-state index in [2.05, 4.69) is 0 Å². The Bertz CT molecular complexity index is 1330. The van der Waals surface area contributed by atoms with Gasteiger partial charge in [-0.1, -0.05) is 39.0 Å². The molecule has 1 fully saturated rings. The second kappa shape index (κ2) is 16.2. The quantitative estimate of drug-likeness (QED) is 0.323. The van der Waals surface area contributed by atoms with Crippen LogP contribution in [0.3, 0.4) is 0 Å². The van der Waals surface area contributed by atoms with Gasteiger partial charge in [0.1, 0.15) is 17.6 Å². The van der Waals surface area contributed by atoms with Crippen LogP contribution in [0, 0.1) is 17.8 Å². The van der Waals surface area contributed by atoms with E-state index in [1.165, 1.54) is 27.0 Å². The number of allylic oxidation sites excluding steroid dienone is 1. The number of benzene rings is 1. The summed E-state index contributed by atoms with van der Waals surface area (Å²) in [4.78, 5) is 56.5. The summed E-state index contributed by atoms with van der Waals surface area (Å²) in [7, 11) is 5.24. The molecule has 48 heavy (non-hydrogen) atoms. The van der Waals surface area contributed by atoms with Gasteiger partial charge in [0.15, 0.2) is 24.0 Å². The highest BCUT2D eigenvalue weighted by atomic mass is 16.7. The van der Waals surface area contributed by atoms with Gasteiger partial charge in [-0.05, 0) is 91.8 Å². The van der Waals surface area contributed by atoms with E-state index in [9.17, 15) is 24.3 Å². The number of hydrogen-bond donors (Lipinski definition) is 1. The van der Waals surface area contributed by atoms with Gasteiger partial charge >= 0.3 is 11.9 Å². The molecule has 3 rings (SSSR count). The molecular formula is C37H55NO10. The molecule has 268 valence electrons. The van der Waals surface area contributed by atoms with Crippen LogP contribution in [-0.2, 0) is 38.1 Å². The van der Waals surface area contributed by atoms with Crippen molar-refractivity contribution in [3.8, 4) is 0 Å². The van der Waals surface area contributed by atoms with E-state index in [0.717, 1.165) is 0 Å². The van der Waals surface area contributed by atoms with Crippen molar-refractivity contribution in [2.24, 2.45) is 17.8 Å². The summed E-state index contributed by atoms with van der Waals surface area (Å²) in [5.74, 6) is -4.87. The largest absolute Gasteiger partial charge is 0.458 e. The summed E-state index contributed by atoms with van der Waals surface area (Å²) in [6, 6.07) is 8.31. The fraction of sp³-hybridized carbons (Fsp3) is 0.676. The lowest BCUT2D eigenvalue weighted by molar-refractivity contribution is -0.294. The lowest BCUT2D eigenvalue weighted by atomic mass is 9.77. The van der Waals surface area contributed by atoms with Gasteiger partial charge in [0.05, 0.1) is 29.4 Å². The second-order valence-corrected chi connectivity index (χ2v) is 14.2. The SMILES string of the molecule is CC[C@H]1OC(=O)[C@H](C)C(=O)[C@H](C)[C@@H](O[C@@H]2O[C@H](C)C[C@H](N(C)C)[C@H]2OC(=O)c2ccccc2)[C@](C)(OC)C[C@@H](C)C(=O)/C(C)=C/[C@]1(C)O. The maximum Gasteiger partial charge on any atom is 0.338 e. The molecule has 0 bridgehead atoms. The van der Waals surface area contributed by atoms with Crippen molar-refractivity contribution in [2.45, 2.75) is 123 Å². The molecule has 1 saturated heterocycles. The van der Waals surface area contributed by atoms with Gasteiger partial charge in [0.2, 0.25) is 0 Å². The normalized spacial score (nSPS) is 38.5. The average molecular weight is 674 g/mol. The first-order valence-corrected chi connectivity index (χ1v) is 16.9. The third kappa shape index (κ3) is 8.98. The number of aliphatic hydroxyl groups is 1. The van der Waals surface area contributed by atoms with Crippen LogP contribution in [0.25, 0.3) is 0 Å². The van der Waals surface area contributed by atoms with Crippen LogP contribution in [0.5, 0.6) is 0 Å². The predicted octanol–water partition coefficient (Wildman–Crippen LogP) is 4.54. The minimum Gasteiger partial charge on any atom is -0.458 e. The lowest BCUT2D eigenvalue weighted by Gasteiger charge is -2.47. The number of ketones is 2. The highest BCUT2D eigenvalue weighted by Gasteiger charge is 2.51. The van der Waals surface area contributed by atoms with Gasteiger partial charge in [0.25, 0.3) is 0 Å². The Balaban J connectivity index is 2.12. The fourth-order valence-corrected chi connectivity index (χ4v) is 6.99. The zero-order valence-electron chi connectivity index (χ0n) is 30.4. The molecule has 11 nitrogen and oxygen atoms in total. The van der Waals surface area contributed by atoms with Gasteiger partial charge in [-0.15, -0.1) is 0 Å². The summed E-state index contributed by atoms with van der Waals surface area (Å²) >= 11 is 0. The highest BCUT2D eigenvalue weighted by Crippen LogP contribution is 2.38. The molecule has 1 N–H and O–H groups in total. The van der Waals surface area contributed by atoms with Gasteiger partial charge in [-0.25, -0.2) is 4.79 Å². The molecule has 0 amide bonds. The maximum atomic E-state index is 14.1. The van der Waals surface area contributed by atoms with Crippen molar-refractivity contribution in [3.63, 3.8) is 0 Å². The van der Waals surface area contributed by atoms with Gasteiger partial charge < -0.3 is 33.7 Å². The molecule has 2 heterocycles. The molecule has 1 aromatic carbocycles. The Hall–Kier alpha value is -2.96. The maximum absolute atomic E-state index is 14.1. The van der Waals surface area contributed by atoms with Crippen molar-refractivity contribution in [1.29, 1.82) is 0 Å². The first-order chi connectivity index (χ1) is 22.4. The number of ether oxygens (including phenoxy) is 5. The Morgan fingerprint density at radius 2 is 1.69 bits per heavy atom. The number of methoxy groups -OCH3 is 1. The summed E-state index contributed by atoms with van der Waals surface area (Å²) in [5.41, 5.74) is -2.25. The van der Waals surface area contributed by atoms with E-state index in [-0.39, 0.29) is 30.8 Å². The molecule has 2 aliphatic rings. The van der Waals surface area contributed by atoms with Crippen LogP contribution in [0.15, 0.2) is 42.0 Å². The molecular weight excluding hydrogens is 618 g/mol. The Morgan fingerprint density at radius 3 is 2.25 bits per heavy atom. The van der Waals surface area contributed by atoms with Crippen molar-refractivity contribution in [2.75, 3.05) is 21.2 Å². The number of carbonyl (C=O) groups excluding carboxylic acids is 4. The number of hydrogen-bond acceptors (Lipinski definition) is 11. The number of Topliss-reactive ketones (excluding diaryl/α,β-unsaturated/α-hetero) is 2. The first-order valence-electron chi connectivity index (χ1n) is 16.9. The predicted molar refractivity (Wildman–Crippen MR) is 179 cm³/mol. The van der Waals surface area contributed by atoms with Crippen molar-refractivity contribution in [1.82, 2.24) is 4.90 Å². The molecule has 0 aliphatic carbocycles. The van der Waals surface area contributed by atoms with E-state index >= 15 is 0 Å². The van der Waals surface area contributed by atoms with Crippen molar-refractivity contribution < 1.29 is 48.0 Å². The van der Waals surface area contributed by atoms with Gasteiger partial charge in [0, 0.05) is 18.9 Å². The van der Waals surface area contributed by atoms with Crippen molar-refractivity contribution in [3.05, 3.63) is 47.5 Å². The fourth-order valence-electron chi connectivity index (χ4n) is 6.99. The van der Waals surface area contributed by atoms with Gasteiger partial charge in [-0.2, -0.15) is 0 Å². The molecule has 0 unspecified atom stereocenters. The zero-order valence-corrected chi connectivity index (χ0v) is 30.4. The summed E-state index contributed by atoms with van der Waals surface area (Å²) in [5, 5.41) is 11.3. The number of nitrogens with zero attached hydrogens (tertiary/aromatic N) is 1. The Morgan fingerprint density at radius 1 is 1.06 bits per heavy atom. The minimum absolute atomic E-state index is 0.127. The number of rotatable bonds is 7. The van der Waals surface area contributed by atoms with Crippen LogP contribution in [0.4, 0.5) is 0 Å². The van der Waals surface area contributed by atoms with E-state index in [4.69, 9.17) is 23.7 Å². The molecule has 0 saturated carbocycles. The first kappa shape index (κ1) is 39.5. The molecule has 2 aliphatic heterocycles. The lowest BCUT2D eigenvalue weighted by Crippen LogP contribution is -2.60. The van der Waals surface area contributed by atoms with E-state index in [0.29, 0.717) is 17.6 Å². The summed E-state index contributed by atoms with van der Waals surface area (Å²) in [6.45, 7) is 13.4. The van der Waals surface area contributed by atoms with E-state index in [1.807, 2.05) is 25.9 Å².